The number of hydrogen-bond acceptors (Lipinski definition) is 3. The average Bonchev–Trinajstić information content (AvgIpc) is 2.44. The summed E-state index contributed by atoms with van der Waals surface area (Å²) in [6, 6.07) is 8.27. The molecule has 3 heteroatoms. The van der Waals surface area contributed by atoms with Gasteiger partial charge in [0.25, 0.3) is 0 Å². The molecule has 19 heavy (non-hydrogen) atoms. The standard InChI is InChI=1S/C16H27NO2/c1-5-10-13(17-4)14(6-2)19-16-12-9-8-11-15(16)18-7-3/h8-9,11-14,17H,5-7,10H2,1-4H3. The number of ether oxygens (including phenoxy) is 2. The van der Waals surface area contributed by atoms with E-state index in [1.165, 1.54) is 0 Å². The summed E-state index contributed by atoms with van der Waals surface area (Å²) in [5.41, 5.74) is 0. The molecule has 108 valence electrons. The van der Waals surface area contributed by atoms with E-state index in [9.17, 15) is 0 Å². The summed E-state index contributed by atoms with van der Waals surface area (Å²) in [7, 11) is 2.00. The first-order chi connectivity index (χ1) is 9.26. The monoisotopic (exact) mass is 265 g/mol. The Labute approximate surface area is 117 Å². The molecule has 3 nitrogen and oxygen atoms in total. The molecule has 0 aromatic heterocycles. The van der Waals surface area contributed by atoms with E-state index >= 15 is 0 Å². The van der Waals surface area contributed by atoms with Gasteiger partial charge in [-0.15, -0.1) is 0 Å². The lowest BCUT2D eigenvalue weighted by Gasteiger charge is -2.27. The van der Waals surface area contributed by atoms with Crippen molar-refractivity contribution < 1.29 is 9.47 Å². The summed E-state index contributed by atoms with van der Waals surface area (Å²) >= 11 is 0. The fourth-order valence-corrected chi connectivity index (χ4v) is 2.26. The van der Waals surface area contributed by atoms with Crippen LogP contribution in [0.3, 0.4) is 0 Å². The number of benzene rings is 1. The van der Waals surface area contributed by atoms with Gasteiger partial charge in [0.05, 0.1) is 6.61 Å². The van der Waals surface area contributed by atoms with Gasteiger partial charge in [-0.2, -0.15) is 0 Å². The minimum absolute atomic E-state index is 0.173. The molecule has 0 aliphatic heterocycles. The van der Waals surface area contributed by atoms with Crippen molar-refractivity contribution in [2.45, 2.75) is 52.2 Å². The fraction of sp³-hybridized carbons (Fsp3) is 0.625. The van der Waals surface area contributed by atoms with Gasteiger partial charge in [0.1, 0.15) is 6.10 Å². The molecule has 0 amide bonds. The molecule has 1 rings (SSSR count). The predicted molar refractivity (Wildman–Crippen MR) is 80.1 cm³/mol. The van der Waals surface area contributed by atoms with Gasteiger partial charge < -0.3 is 14.8 Å². The highest BCUT2D eigenvalue weighted by atomic mass is 16.5. The first kappa shape index (κ1) is 15.8. The molecule has 0 saturated carbocycles. The third-order valence-electron chi connectivity index (χ3n) is 3.25. The maximum absolute atomic E-state index is 6.17. The lowest BCUT2D eigenvalue weighted by atomic mass is 10.0. The van der Waals surface area contributed by atoms with Crippen molar-refractivity contribution in [3.8, 4) is 11.5 Å². The van der Waals surface area contributed by atoms with E-state index < -0.39 is 0 Å². The number of para-hydroxylation sites is 2. The van der Waals surface area contributed by atoms with E-state index in [2.05, 4.69) is 19.2 Å². The Morgan fingerprint density at radius 3 is 2.32 bits per heavy atom. The maximum Gasteiger partial charge on any atom is 0.161 e. The van der Waals surface area contributed by atoms with Crippen LogP contribution in [0.25, 0.3) is 0 Å². The molecule has 0 fully saturated rings. The first-order valence-electron chi connectivity index (χ1n) is 7.32. The largest absolute Gasteiger partial charge is 0.490 e. The van der Waals surface area contributed by atoms with Crippen LogP contribution >= 0.6 is 0 Å². The zero-order valence-corrected chi connectivity index (χ0v) is 12.6. The highest BCUT2D eigenvalue weighted by molar-refractivity contribution is 5.39. The van der Waals surface area contributed by atoms with Crippen molar-refractivity contribution in [2.24, 2.45) is 0 Å². The van der Waals surface area contributed by atoms with Crippen molar-refractivity contribution in [1.29, 1.82) is 0 Å². The molecule has 2 unspecified atom stereocenters. The topological polar surface area (TPSA) is 30.5 Å². The quantitative estimate of drug-likeness (QED) is 0.739. The van der Waals surface area contributed by atoms with Crippen LogP contribution in [0, 0.1) is 0 Å². The molecule has 0 spiro atoms. The van der Waals surface area contributed by atoms with Gasteiger partial charge in [-0.3, -0.25) is 0 Å². The van der Waals surface area contributed by atoms with Gasteiger partial charge in [0, 0.05) is 6.04 Å². The van der Waals surface area contributed by atoms with Crippen LogP contribution in [-0.4, -0.2) is 25.8 Å². The molecular weight excluding hydrogens is 238 g/mol. The Morgan fingerprint density at radius 2 is 1.79 bits per heavy atom. The molecular formula is C16H27NO2. The smallest absolute Gasteiger partial charge is 0.161 e. The second kappa shape index (κ2) is 8.81. The third kappa shape index (κ3) is 4.75. The second-order valence-electron chi connectivity index (χ2n) is 4.63. The summed E-state index contributed by atoms with van der Waals surface area (Å²) in [6.07, 6.45) is 3.42. The highest BCUT2D eigenvalue weighted by Crippen LogP contribution is 2.28. The van der Waals surface area contributed by atoms with Gasteiger partial charge in [-0.05, 0) is 38.9 Å². The maximum atomic E-state index is 6.17. The van der Waals surface area contributed by atoms with E-state index in [0.717, 1.165) is 30.8 Å². The lowest BCUT2D eigenvalue weighted by Crippen LogP contribution is -2.40. The lowest BCUT2D eigenvalue weighted by molar-refractivity contribution is 0.140. The van der Waals surface area contributed by atoms with Crippen molar-refractivity contribution in [3.63, 3.8) is 0 Å². The van der Waals surface area contributed by atoms with Crippen LogP contribution in [0.2, 0.25) is 0 Å². The summed E-state index contributed by atoms with van der Waals surface area (Å²) in [5, 5.41) is 3.36. The van der Waals surface area contributed by atoms with Crippen LogP contribution in [-0.2, 0) is 0 Å². The molecule has 0 heterocycles. The van der Waals surface area contributed by atoms with Gasteiger partial charge in [-0.1, -0.05) is 32.4 Å². The Kier molecular flexibility index (Phi) is 7.34. The molecule has 2 atom stereocenters. The van der Waals surface area contributed by atoms with Gasteiger partial charge in [-0.25, -0.2) is 0 Å². The summed E-state index contributed by atoms with van der Waals surface area (Å²) in [5.74, 6) is 1.67. The molecule has 1 aromatic carbocycles. The third-order valence-corrected chi connectivity index (χ3v) is 3.25. The average molecular weight is 265 g/mol. The molecule has 0 bridgehead atoms. The molecule has 1 aromatic rings. The van der Waals surface area contributed by atoms with E-state index in [4.69, 9.17) is 9.47 Å². The predicted octanol–water partition coefficient (Wildman–Crippen LogP) is 3.63. The van der Waals surface area contributed by atoms with Crippen LogP contribution in [0.15, 0.2) is 24.3 Å². The Hall–Kier alpha value is -1.22. The number of hydrogen-bond donors (Lipinski definition) is 1. The zero-order chi connectivity index (χ0) is 14.1. The minimum Gasteiger partial charge on any atom is -0.490 e. The van der Waals surface area contributed by atoms with Crippen LogP contribution in [0.5, 0.6) is 11.5 Å². The second-order valence-corrected chi connectivity index (χ2v) is 4.63. The van der Waals surface area contributed by atoms with Crippen molar-refractivity contribution >= 4 is 0 Å². The van der Waals surface area contributed by atoms with E-state index in [-0.39, 0.29) is 6.10 Å². The highest BCUT2D eigenvalue weighted by Gasteiger charge is 2.20. The summed E-state index contributed by atoms with van der Waals surface area (Å²) in [4.78, 5) is 0. The number of rotatable bonds is 9. The normalized spacial score (nSPS) is 13.9. The van der Waals surface area contributed by atoms with Crippen LogP contribution in [0.4, 0.5) is 0 Å². The fourth-order valence-electron chi connectivity index (χ4n) is 2.26. The number of nitrogens with one attached hydrogen (secondary N) is 1. The first-order valence-corrected chi connectivity index (χ1v) is 7.32. The van der Waals surface area contributed by atoms with Gasteiger partial charge in [0.15, 0.2) is 11.5 Å². The molecule has 0 aliphatic rings. The van der Waals surface area contributed by atoms with Crippen LogP contribution in [0.1, 0.15) is 40.0 Å². The zero-order valence-electron chi connectivity index (χ0n) is 12.6. The Morgan fingerprint density at radius 1 is 1.11 bits per heavy atom. The van der Waals surface area contributed by atoms with Gasteiger partial charge >= 0.3 is 0 Å². The Bertz CT molecular complexity index is 354. The van der Waals surface area contributed by atoms with Crippen molar-refractivity contribution in [2.75, 3.05) is 13.7 Å². The van der Waals surface area contributed by atoms with E-state index in [1.54, 1.807) is 0 Å². The summed E-state index contributed by atoms with van der Waals surface area (Å²) in [6.45, 7) is 7.00. The SMILES string of the molecule is CCCC(NC)C(CC)Oc1ccccc1OCC. The van der Waals surface area contributed by atoms with Gasteiger partial charge in [0.2, 0.25) is 0 Å². The number of likely N-dealkylation sites (N-methyl/N-ethyl adjacent to an activating group) is 1. The van der Waals surface area contributed by atoms with E-state index in [1.807, 2.05) is 38.2 Å². The van der Waals surface area contributed by atoms with Crippen molar-refractivity contribution in [3.05, 3.63) is 24.3 Å². The molecule has 1 N–H and O–H groups in total. The molecule has 0 radical (unpaired) electrons. The molecule has 0 saturated heterocycles. The van der Waals surface area contributed by atoms with Crippen molar-refractivity contribution in [1.82, 2.24) is 5.32 Å². The minimum atomic E-state index is 0.173. The Balaban J connectivity index is 2.79. The summed E-state index contributed by atoms with van der Waals surface area (Å²) < 4.78 is 11.8. The van der Waals surface area contributed by atoms with Crippen LogP contribution < -0.4 is 14.8 Å². The molecule has 0 aliphatic carbocycles. The van der Waals surface area contributed by atoms with E-state index in [0.29, 0.717) is 12.6 Å².